The number of halogens is 3. The molecule has 1 aliphatic rings. The van der Waals surface area contributed by atoms with E-state index >= 15 is 0 Å². The van der Waals surface area contributed by atoms with Crippen LogP contribution in [-0.2, 0) is 11.3 Å². The summed E-state index contributed by atoms with van der Waals surface area (Å²) in [6.45, 7) is 3.36. The van der Waals surface area contributed by atoms with Crippen molar-refractivity contribution in [3.63, 3.8) is 0 Å². The van der Waals surface area contributed by atoms with Crippen LogP contribution in [0.2, 0.25) is 15.1 Å². The first kappa shape index (κ1) is 20.8. The van der Waals surface area contributed by atoms with Crippen molar-refractivity contribution in [1.29, 1.82) is 0 Å². The van der Waals surface area contributed by atoms with E-state index in [4.69, 9.17) is 34.8 Å². The quantitative estimate of drug-likeness (QED) is 0.515. The van der Waals surface area contributed by atoms with E-state index in [1.807, 2.05) is 29.2 Å². The SMILES string of the molecule is O=C1CCCN1CCCNCc1ccc(Sc2cccc(Cl)c2Cl)c(Cl)c1. The van der Waals surface area contributed by atoms with Crippen LogP contribution in [-0.4, -0.2) is 30.4 Å². The van der Waals surface area contributed by atoms with Gasteiger partial charge in [-0.2, -0.15) is 0 Å². The van der Waals surface area contributed by atoms with Crippen LogP contribution < -0.4 is 5.32 Å². The van der Waals surface area contributed by atoms with E-state index in [-0.39, 0.29) is 5.91 Å². The summed E-state index contributed by atoms with van der Waals surface area (Å²) in [4.78, 5) is 15.3. The molecule has 0 radical (unpaired) electrons. The molecule has 1 fully saturated rings. The van der Waals surface area contributed by atoms with Crippen molar-refractivity contribution in [2.24, 2.45) is 0 Å². The second-order valence-electron chi connectivity index (χ2n) is 6.43. The standard InChI is InChI=1S/C20H21Cl3N2OS/c21-15-4-1-5-18(20(15)23)27-17-8-7-14(12-16(17)22)13-24-9-3-11-25-10-2-6-19(25)26/h1,4-5,7-8,12,24H,2-3,6,9-11,13H2. The van der Waals surface area contributed by atoms with Crippen LogP contribution in [0.15, 0.2) is 46.2 Å². The Bertz CT molecular complexity index is 816. The Morgan fingerprint density at radius 1 is 1.07 bits per heavy atom. The van der Waals surface area contributed by atoms with Crippen LogP contribution >= 0.6 is 46.6 Å². The third-order valence-corrected chi connectivity index (χ3v) is 6.91. The van der Waals surface area contributed by atoms with Gasteiger partial charge in [-0.05, 0) is 49.2 Å². The van der Waals surface area contributed by atoms with Gasteiger partial charge < -0.3 is 10.2 Å². The highest BCUT2D eigenvalue weighted by atomic mass is 35.5. The molecule has 0 unspecified atom stereocenters. The fraction of sp³-hybridized carbons (Fsp3) is 0.350. The summed E-state index contributed by atoms with van der Waals surface area (Å²) in [5.41, 5.74) is 1.12. The predicted molar refractivity (Wildman–Crippen MR) is 114 cm³/mol. The average Bonchev–Trinajstić information content (AvgIpc) is 3.05. The number of benzene rings is 2. The zero-order valence-electron chi connectivity index (χ0n) is 14.8. The van der Waals surface area contributed by atoms with Crippen molar-refractivity contribution in [2.75, 3.05) is 19.6 Å². The molecule has 0 bridgehead atoms. The molecular formula is C20H21Cl3N2OS. The van der Waals surface area contributed by atoms with Gasteiger partial charge in [0.05, 0.1) is 15.1 Å². The van der Waals surface area contributed by atoms with Gasteiger partial charge in [0.1, 0.15) is 0 Å². The molecule has 2 aromatic rings. The lowest BCUT2D eigenvalue weighted by atomic mass is 10.2. The normalized spacial score (nSPS) is 14.2. The van der Waals surface area contributed by atoms with Gasteiger partial charge in [-0.25, -0.2) is 0 Å². The topological polar surface area (TPSA) is 32.3 Å². The first-order chi connectivity index (χ1) is 13.0. The number of amides is 1. The van der Waals surface area contributed by atoms with Crippen molar-refractivity contribution in [3.8, 4) is 0 Å². The van der Waals surface area contributed by atoms with E-state index in [2.05, 4.69) is 11.4 Å². The van der Waals surface area contributed by atoms with Crippen LogP contribution in [0, 0.1) is 0 Å². The van der Waals surface area contributed by atoms with Gasteiger partial charge in [-0.3, -0.25) is 4.79 Å². The minimum absolute atomic E-state index is 0.287. The molecule has 0 spiro atoms. The molecule has 1 amide bonds. The summed E-state index contributed by atoms with van der Waals surface area (Å²) in [6, 6.07) is 11.6. The molecule has 1 N–H and O–H groups in total. The van der Waals surface area contributed by atoms with E-state index in [1.54, 1.807) is 6.07 Å². The van der Waals surface area contributed by atoms with E-state index in [0.29, 0.717) is 21.5 Å². The number of carbonyl (C=O) groups is 1. The van der Waals surface area contributed by atoms with Crippen molar-refractivity contribution in [2.45, 2.75) is 35.6 Å². The molecule has 0 atom stereocenters. The number of hydrogen-bond acceptors (Lipinski definition) is 3. The summed E-state index contributed by atoms with van der Waals surface area (Å²) in [7, 11) is 0. The fourth-order valence-corrected chi connectivity index (χ4v) is 4.65. The summed E-state index contributed by atoms with van der Waals surface area (Å²) in [5, 5.41) is 5.18. The van der Waals surface area contributed by atoms with Crippen LogP contribution in [0.4, 0.5) is 0 Å². The largest absolute Gasteiger partial charge is 0.343 e. The van der Waals surface area contributed by atoms with Gasteiger partial charge in [0, 0.05) is 35.8 Å². The van der Waals surface area contributed by atoms with E-state index in [0.717, 1.165) is 54.4 Å². The number of nitrogens with zero attached hydrogens (tertiary/aromatic N) is 1. The van der Waals surface area contributed by atoms with Crippen LogP contribution in [0.5, 0.6) is 0 Å². The van der Waals surface area contributed by atoms with Crippen molar-refractivity contribution in [1.82, 2.24) is 10.2 Å². The molecule has 1 aliphatic heterocycles. The Labute approximate surface area is 179 Å². The minimum Gasteiger partial charge on any atom is -0.343 e. The molecule has 3 nitrogen and oxygen atoms in total. The maximum absolute atomic E-state index is 11.6. The molecule has 1 saturated heterocycles. The Morgan fingerprint density at radius 2 is 1.93 bits per heavy atom. The lowest BCUT2D eigenvalue weighted by molar-refractivity contribution is -0.127. The monoisotopic (exact) mass is 442 g/mol. The lowest BCUT2D eigenvalue weighted by Crippen LogP contribution is -2.28. The van der Waals surface area contributed by atoms with Gasteiger partial charge >= 0.3 is 0 Å². The second-order valence-corrected chi connectivity index (χ2v) is 8.71. The van der Waals surface area contributed by atoms with Gasteiger partial charge in [0.25, 0.3) is 0 Å². The Morgan fingerprint density at radius 3 is 2.67 bits per heavy atom. The highest BCUT2D eigenvalue weighted by Gasteiger charge is 2.18. The smallest absolute Gasteiger partial charge is 0.222 e. The summed E-state index contributed by atoms with van der Waals surface area (Å²) < 4.78 is 0. The average molecular weight is 444 g/mol. The van der Waals surface area contributed by atoms with E-state index < -0.39 is 0 Å². The third-order valence-electron chi connectivity index (χ3n) is 4.41. The van der Waals surface area contributed by atoms with Crippen molar-refractivity contribution >= 4 is 52.5 Å². The molecule has 3 rings (SSSR count). The number of rotatable bonds is 8. The highest BCUT2D eigenvalue weighted by Crippen LogP contribution is 2.39. The van der Waals surface area contributed by atoms with Gasteiger partial charge in [0.2, 0.25) is 5.91 Å². The summed E-state index contributed by atoms with van der Waals surface area (Å²) in [5.74, 6) is 0.287. The van der Waals surface area contributed by atoms with Crippen LogP contribution in [0.25, 0.3) is 0 Å². The summed E-state index contributed by atoms with van der Waals surface area (Å²) in [6.07, 6.45) is 2.66. The maximum atomic E-state index is 11.6. The third kappa shape index (κ3) is 5.78. The molecule has 0 aliphatic carbocycles. The molecule has 2 aromatic carbocycles. The molecule has 7 heteroatoms. The van der Waals surface area contributed by atoms with E-state index in [9.17, 15) is 4.79 Å². The van der Waals surface area contributed by atoms with Gasteiger partial charge in [0.15, 0.2) is 0 Å². The second kappa shape index (κ2) is 10.0. The number of carbonyl (C=O) groups excluding carboxylic acids is 1. The van der Waals surface area contributed by atoms with Gasteiger partial charge in [-0.15, -0.1) is 0 Å². The van der Waals surface area contributed by atoms with Crippen LogP contribution in [0.3, 0.4) is 0 Å². The zero-order valence-corrected chi connectivity index (χ0v) is 17.9. The van der Waals surface area contributed by atoms with Crippen LogP contribution in [0.1, 0.15) is 24.8 Å². The highest BCUT2D eigenvalue weighted by molar-refractivity contribution is 7.99. The molecule has 1 heterocycles. The number of nitrogens with one attached hydrogen (secondary N) is 1. The van der Waals surface area contributed by atoms with E-state index in [1.165, 1.54) is 11.8 Å². The fourth-order valence-electron chi connectivity index (χ4n) is 2.99. The Balaban J connectivity index is 1.48. The maximum Gasteiger partial charge on any atom is 0.222 e. The number of likely N-dealkylation sites (tertiary alicyclic amines) is 1. The van der Waals surface area contributed by atoms with Crippen molar-refractivity contribution in [3.05, 3.63) is 57.0 Å². The van der Waals surface area contributed by atoms with Gasteiger partial charge in [-0.1, -0.05) is 58.7 Å². The predicted octanol–water partition coefficient (Wildman–Crippen LogP) is 5.90. The molecule has 27 heavy (non-hydrogen) atoms. The molecule has 0 saturated carbocycles. The first-order valence-corrected chi connectivity index (χ1v) is 10.9. The lowest BCUT2D eigenvalue weighted by Gasteiger charge is -2.15. The Kier molecular flexibility index (Phi) is 7.74. The molecule has 0 aromatic heterocycles. The summed E-state index contributed by atoms with van der Waals surface area (Å²) >= 11 is 20.3. The number of hydrogen-bond donors (Lipinski definition) is 1. The minimum atomic E-state index is 0.287. The Hall–Kier alpha value is -0.910. The zero-order chi connectivity index (χ0) is 19.2. The van der Waals surface area contributed by atoms with Crippen molar-refractivity contribution < 1.29 is 4.79 Å². The molecule has 144 valence electrons. The first-order valence-electron chi connectivity index (χ1n) is 8.93. The molecular weight excluding hydrogens is 423 g/mol.